The van der Waals surface area contributed by atoms with E-state index in [1.165, 1.54) is 0 Å². The van der Waals surface area contributed by atoms with Gasteiger partial charge in [0.05, 0.1) is 0 Å². The summed E-state index contributed by atoms with van der Waals surface area (Å²) in [5.41, 5.74) is 5.26. The largest absolute Gasteiger partial charge is 0.444 e. The molecule has 1 aliphatic heterocycles. The van der Waals surface area contributed by atoms with Crippen LogP contribution in [-0.4, -0.2) is 35.7 Å². The van der Waals surface area contributed by atoms with E-state index in [0.29, 0.717) is 6.54 Å². The Morgan fingerprint density at radius 2 is 1.95 bits per heavy atom. The lowest BCUT2D eigenvalue weighted by atomic mass is 10.2. The molecule has 112 valence electrons. The lowest BCUT2D eigenvalue weighted by Gasteiger charge is -2.24. The van der Waals surface area contributed by atoms with Crippen molar-refractivity contribution >= 4 is 17.7 Å². The number of hydrogen-bond donors (Lipinski definition) is 1. The molecule has 1 atom stereocenters. The fraction of sp³-hybridized carbons (Fsp3) is 0.533. The van der Waals surface area contributed by atoms with Crippen molar-refractivity contribution in [2.75, 3.05) is 13.1 Å². The van der Waals surface area contributed by atoms with Crippen LogP contribution in [0.3, 0.4) is 0 Å². The summed E-state index contributed by atoms with van der Waals surface area (Å²) in [6.45, 7) is 6.92. The molecule has 1 heterocycles. The minimum Gasteiger partial charge on any atom is -0.444 e. The topological polar surface area (TPSA) is 55.6 Å². The van der Waals surface area contributed by atoms with Crippen LogP contribution in [0.25, 0.3) is 0 Å². The summed E-state index contributed by atoms with van der Waals surface area (Å²) in [7, 11) is 0. The summed E-state index contributed by atoms with van der Waals surface area (Å²) in [6, 6.07) is 9.56. The Kier molecular flexibility index (Phi) is 6.30. The number of rotatable bonds is 0. The van der Waals surface area contributed by atoms with Crippen molar-refractivity contribution in [3.8, 4) is 0 Å². The Balaban J connectivity index is 0.000000240. The highest BCUT2D eigenvalue weighted by molar-refractivity contribution is 6.30. The molecule has 4 nitrogen and oxygen atoms in total. The average Bonchev–Trinajstić information content (AvgIpc) is 2.76. The number of amides is 1. The number of carbonyl (C=O) groups is 1. The van der Waals surface area contributed by atoms with E-state index in [0.717, 1.165) is 18.0 Å². The first-order valence-corrected chi connectivity index (χ1v) is 7.10. The summed E-state index contributed by atoms with van der Waals surface area (Å²) in [5, 5.41) is 0.794. The van der Waals surface area contributed by atoms with Crippen molar-refractivity contribution in [2.45, 2.75) is 38.8 Å². The number of benzene rings is 1. The highest BCUT2D eigenvalue weighted by Crippen LogP contribution is 2.13. The zero-order chi connectivity index (χ0) is 15.2. The number of nitrogens with two attached hydrogens (primary N) is 1. The molecule has 1 saturated heterocycles. The first kappa shape index (κ1) is 16.8. The molecule has 20 heavy (non-hydrogen) atoms. The third kappa shape index (κ3) is 6.78. The molecular weight excluding hydrogens is 276 g/mol. The lowest BCUT2D eigenvalue weighted by molar-refractivity contribution is 0.0292. The van der Waals surface area contributed by atoms with E-state index in [-0.39, 0.29) is 12.1 Å². The smallest absolute Gasteiger partial charge is 0.410 e. The fourth-order valence-corrected chi connectivity index (χ4v) is 1.84. The van der Waals surface area contributed by atoms with Crippen molar-refractivity contribution in [1.82, 2.24) is 4.90 Å². The molecule has 1 unspecified atom stereocenters. The Bertz CT molecular complexity index is 418. The third-order valence-electron chi connectivity index (χ3n) is 2.61. The minimum absolute atomic E-state index is 0.118. The molecule has 1 fully saturated rings. The number of ether oxygens (including phenoxy) is 1. The molecule has 1 aromatic carbocycles. The molecule has 0 saturated carbocycles. The number of nitrogens with zero attached hydrogens (tertiary/aromatic N) is 1. The molecule has 0 radical (unpaired) electrons. The summed E-state index contributed by atoms with van der Waals surface area (Å²) < 4.78 is 5.20. The van der Waals surface area contributed by atoms with Gasteiger partial charge in [0.1, 0.15) is 5.60 Å². The highest BCUT2D eigenvalue weighted by Gasteiger charge is 2.27. The number of likely N-dealkylation sites (tertiary alicyclic amines) is 1. The standard InChI is InChI=1S/C9H18N2O2.C6H5Cl/c1-9(2,3)13-8(12)11-5-4-7(10)6-11;7-6-4-2-1-3-5-6/h7H,4-6,10H2,1-3H3;1-5H. The number of hydrogen-bond acceptors (Lipinski definition) is 3. The molecule has 2 rings (SSSR count). The van der Waals surface area contributed by atoms with Crippen molar-refractivity contribution in [3.05, 3.63) is 35.4 Å². The van der Waals surface area contributed by atoms with Gasteiger partial charge in [-0.1, -0.05) is 29.8 Å². The molecule has 5 heteroatoms. The first-order valence-electron chi connectivity index (χ1n) is 6.72. The van der Waals surface area contributed by atoms with Gasteiger partial charge < -0.3 is 15.4 Å². The summed E-state index contributed by atoms with van der Waals surface area (Å²) in [5.74, 6) is 0. The van der Waals surface area contributed by atoms with Crippen LogP contribution < -0.4 is 5.73 Å². The fourth-order valence-electron chi connectivity index (χ4n) is 1.69. The van der Waals surface area contributed by atoms with E-state index in [1.807, 2.05) is 51.1 Å². The SMILES string of the molecule is CC(C)(C)OC(=O)N1CCC(N)C1.Clc1ccccc1. The molecule has 0 spiro atoms. The van der Waals surface area contributed by atoms with E-state index in [1.54, 1.807) is 4.90 Å². The zero-order valence-corrected chi connectivity index (χ0v) is 13.1. The van der Waals surface area contributed by atoms with E-state index in [4.69, 9.17) is 22.1 Å². The van der Waals surface area contributed by atoms with Crippen molar-refractivity contribution in [3.63, 3.8) is 0 Å². The van der Waals surface area contributed by atoms with Crippen LogP contribution in [0, 0.1) is 0 Å². The van der Waals surface area contributed by atoms with Gasteiger partial charge in [-0.15, -0.1) is 0 Å². The maximum Gasteiger partial charge on any atom is 0.410 e. The van der Waals surface area contributed by atoms with E-state index in [2.05, 4.69) is 0 Å². The molecule has 0 bridgehead atoms. The Morgan fingerprint density at radius 1 is 1.35 bits per heavy atom. The van der Waals surface area contributed by atoms with Crippen LogP contribution >= 0.6 is 11.6 Å². The summed E-state index contributed by atoms with van der Waals surface area (Å²) >= 11 is 5.54. The van der Waals surface area contributed by atoms with Crippen LogP contribution in [0.4, 0.5) is 4.79 Å². The average molecular weight is 299 g/mol. The van der Waals surface area contributed by atoms with E-state index < -0.39 is 5.60 Å². The van der Waals surface area contributed by atoms with Gasteiger partial charge in [-0.3, -0.25) is 0 Å². The van der Waals surface area contributed by atoms with Gasteiger partial charge in [-0.2, -0.15) is 0 Å². The van der Waals surface area contributed by atoms with Crippen molar-refractivity contribution in [1.29, 1.82) is 0 Å². The number of carbonyl (C=O) groups excluding carboxylic acids is 1. The van der Waals surface area contributed by atoms with Crippen molar-refractivity contribution < 1.29 is 9.53 Å². The van der Waals surface area contributed by atoms with Gasteiger partial charge in [-0.25, -0.2) is 4.79 Å². The second-order valence-corrected chi connectivity index (χ2v) is 6.21. The zero-order valence-electron chi connectivity index (χ0n) is 12.3. The van der Waals surface area contributed by atoms with E-state index in [9.17, 15) is 4.79 Å². The molecule has 0 aromatic heterocycles. The van der Waals surface area contributed by atoms with Crippen LogP contribution in [0.5, 0.6) is 0 Å². The second-order valence-electron chi connectivity index (χ2n) is 5.77. The van der Waals surface area contributed by atoms with Gasteiger partial charge in [0.25, 0.3) is 0 Å². The summed E-state index contributed by atoms with van der Waals surface area (Å²) in [4.78, 5) is 13.1. The van der Waals surface area contributed by atoms with Crippen LogP contribution in [0.1, 0.15) is 27.2 Å². The molecule has 1 aromatic rings. The Morgan fingerprint density at radius 3 is 2.30 bits per heavy atom. The normalized spacial score (nSPS) is 18.2. The minimum atomic E-state index is -0.413. The second kappa shape index (κ2) is 7.50. The maximum absolute atomic E-state index is 11.5. The first-order chi connectivity index (χ1) is 9.28. The molecule has 2 N–H and O–H groups in total. The van der Waals surface area contributed by atoms with E-state index >= 15 is 0 Å². The maximum atomic E-state index is 11.5. The van der Waals surface area contributed by atoms with Crippen LogP contribution in [0.15, 0.2) is 30.3 Å². The van der Waals surface area contributed by atoms with Gasteiger partial charge in [0.15, 0.2) is 0 Å². The van der Waals surface area contributed by atoms with Crippen LogP contribution in [0.2, 0.25) is 5.02 Å². The van der Waals surface area contributed by atoms with Gasteiger partial charge in [0.2, 0.25) is 0 Å². The monoisotopic (exact) mass is 298 g/mol. The highest BCUT2D eigenvalue weighted by atomic mass is 35.5. The number of halogens is 1. The predicted molar refractivity (Wildman–Crippen MR) is 81.9 cm³/mol. The molecule has 1 aliphatic rings. The van der Waals surface area contributed by atoms with Gasteiger partial charge >= 0.3 is 6.09 Å². The predicted octanol–water partition coefficient (Wildman–Crippen LogP) is 3.29. The Labute approximate surface area is 125 Å². The third-order valence-corrected chi connectivity index (χ3v) is 2.86. The molecular formula is C15H23ClN2O2. The molecule has 1 amide bonds. The lowest BCUT2D eigenvalue weighted by Crippen LogP contribution is -2.36. The van der Waals surface area contributed by atoms with Crippen molar-refractivity contribution in [2.24, 2.45) is 5.73 Å². The summed E-state index contributed by atoms with van der Waals surface area (Å²) in [6.07, 6.45) is 0.625. The molecule has 0 aliphatic carbocycles. The van der Waals surface area contributed by atoms with Gasteiger partial charge in [0, 0.05) is 24.2 Å². The van der Waals surface area contributed by atoms with Gasteiger partial charge in [-0.05, 0) is 39.3 Å². The quantitative estimate of drug-likeness (QED) is 0.799. The van der Waals surface area contributed by atoms with Crippen LogP contribution in [-0.2, 0) is 4.74 Å². The Hall–Kier alpha value is -1.26.